The molecule has 2 unspecified atom stereocenters. The average molecular weight is 771 g/mol. The summed E-state index contributed by atoms with van der Waals surface area (Å²) in [6.45, 7) is 0. The number of ether oxygens (including phenoxy) is 1. The van der Waals surface area contributed by atoms with Crippen molar-refractivity contribution in [1.29, 1.82) is 0 Å². The lowest BCUT2D eigenvalue weighted by Gasteiger charge is -2.42. The first kappa shape index (κ1) is 34.6. The first-order chi connectivity index (χ1) is 29.6. The van der Waals surface area contributed by atoms with Crippen molar-refractivity contribution in [3.05, 3.63) is 222 Å². The normalized spacial score (nSPS) is 17.4. The van der Waals surface area contributed by atoms with Gasteiger partial charge in [-0.2, -0.15) is 0 Å². The van der Waals surface area contributed by atoms with Gasteiger partial charge in [-0.1, -0.05) is 158 Å². The number of rotatable bonds is 7. The number of esters is 1. The lowest BCUT2D eigenvalue weighted by Crippen LogP contribution is -2.41. The van der Waals surface area contributed by atoms with E-state index in [0.29, 0.717) is 18.6 Å². The van der Waals surface area contributed by atoms with Crippen LogP contribution in [-0.4, -0.2) is 15.9 Å². The second-order valence-electron chi connectivity index (χ2n) is 16.5. The molecule has 10 aromatic rings. The molecule has 12 rings (SSSR count). The number of fused-ring (bicyclic) bond motifs is 12. The van der Waals surface area contributed by atoms with Crippen molar-refractivity contribution in [2.45, 2.75) is 30.1 Å². The van der Waals surface area contributed by atoms with Gasteiger partial charge in [0.2, 0.25) is 0 Å². The monoisotopic (exact) mass is 770 g/mol. The van der Waals surface area contributed by atoms with Gasteiger partial charge in [-0.25, -0.2) is 9.97 Å². The Morgan fingerprint density at radius 3 is 1.50 bits per heavy atom. The SMILES string of the molecule is O=C(CC1(CC2(Cc3ccccc3)c3cc4ccccc4nc3-c3c2ccc2ccccc32)c2cc3ccccc3nc2-c2c1ccc1ccccc21)Oc1ccccc1. The van der Waals surface area contributed by atoms with Crippen LogP contribution in [0.1, 0.15) is 40.7 Å². The Hall–Kier alpha value is -7.43. The molecule has 0 aliphatic heterocycles. The lowest BCUT2D eigenvalue weighted by atomic mass is 9.59. The quantitative estimate of drug-likeness (QED) is 0.120. The summed E-state index contributed by atoms with van der Waals surface area (Å²) in [5, 5.41) is 6.74. The van der Waals surface area contributed by atoms with E-state index in [-0.39, 0.29) is 12.4 Å². The summed E-state index contributed by atoms with van der Waals surface area (Å²) in [6.07, 6.45) is 1.37. The number of carbonyl (C=O) groups is 1. The Balaban J connectivity index is 1.21. The van der Waals surface area contributed by atoms with E-state index in [1.807, 2.05) is 36.4 Å². The van der Waals surface area contributed by atoms with Crippen LogP contribution >= 0.6 is 0 Å². The summed E-state index contributed by atoms with van der Waals surface area (Å²) in [5.41, 5.74) is 10.3. The van der Waals surface area contributed by atoms with Crippen molar-refractivity contribution in [3.63, 3.8) is 0 Å². The van der Waals surface area contributed by atoms with Crippen molar-refractivity contribution in [2.24, 2.45) is 0 Å². The topological polar surface area (TPSA) is 52.1 Å². The Morgan fingerprint density at radius 2 is 0.917 bits per heavy atom. The number of hydrogen-bond acceptors (Lipinski definition) is 4. The maximum absolute atomic E-state index is 14.9. The molecule has 8 aromatic carbocycles. The van der Waals surface area contributed by atoms with Crippen molar-refractivity contribution in [3.8, 4) is 28.3 Å². The Kier molecular flexibility index (Phi) is 7.67. The summed E-state index contributed by atoms with van der Waals surface area (Å²) in [4.78, 5) is 26.0. The third kappa shape index (κ3) is 5.20. The van der Waals surface area contributed by atoms with Crippen LogP contribution in [0.4, 0.5) is 0 Å². The smallest absolute Gasteiger partial charge is 0.312 e. The molecule has 2 aromatic heterocycles. The third-order valence-electron chi connectivity index (χ3n) is 13.2. The van der Waals surface area contributed by atoms with Crippen LogP contribution in [0.25, 0.3) is 65.9 Å². The molecule has 4 nitrogen and oxygen atoms in total. The fourth-order valence-electron chi connectivity index (χ4n) is 10.7. The highest BCUT2D eigenvalue weighted by molar-refractivity contribution is 6.05. The van der Waals surface area contributed by atoms with Crippen LogP contribution in [0.5, 0.6) is 5.75 Å². The lowest BCUT2D eigenvalue weighted by molar-refractivity contribution is -0.135. The number of benzene rings is 8. The van der Waals surface area contributed by atoms with Crippen molar-refractivity contribution in [1.82, 2.24) is 9.97 Å². The van der Waals surface area contributed by atoms with E-state index < -0.39 is 10.8 Å². The highest BCUT2D eigenvalue weighted by Crippen LogP contribution is 2.63. The van der Waals surface area contributed by atoms with Crippen LogP contribution in [0, 0.1) is 0 Å². The summed E-state index contributed by atoms with van der Waals surface area (Å²) < 4.78 is 6.30. The minimum absolute atomic E-state index is 0.107. The molecule has 0 N–H and O–H groups in total. The first-order valence-electron chi connectivity index (χ1n) is 20.7. The van der Waals surface area contributed by atoms with Gasteiger partial charge in [-0.05, 0) is 98.6 Å². The van der Waals surface area contributed by atoms with Crippen LogP contribution in [-0.2, 0) is 22.0 Å². The van der Waals surface area contributed by atoms with Crippen molar-refractivity contribution in [2.75, 3.05) is 0 Å². The fourth-order valence-corrected chi connectivity index (χ4v) is 10.7. The van der Waals surface area contributed by atoms with E-state index in [0.717, 1.165) is 60.7 Å². The number of para-hydroxylation sites is 3. The summed E-state index contributed by atoms with van der Waals surface area (Å²) in [6, 6.07) is 68.1. The number of carbonyl (C=O) groups excluding carboxylic acids is 1. The molecule has 0 fully saturated rings. The van der Waals surface area contributed by atoms with Gasteiger partial charge < -0.3 is 4.74 Å². The molecule has 0 saturated heterocycles. The second-order valence-corrected chi connectivity index (χ2v) is 16.5. The predicted octanol–water partition coefficient (Wildman–Crippen LogP) is 13.0. The number of pyridine rings is 2. The van der Waals surface area contributed by atoms with Crippen molar-refractivity contribution >= 4 is 49.3 Å². The van der Waals surface area contributed by atoms with Crippen molar-refractivity contribution < 1.29 is 9.53 Å². The third-order valence-corrected chi connectivity index (χ3v) is 13.2. The maximum Gasteiger partial charge on any atom is 0.312 e. The number of aromatic nitrogens is 2. The summed E-state index contributed by atoms with van der Waals surface area (Å²) in [5.74, 6) is 0.244. The zero-order valence-corrected chi connectivity index (χ0v) is 32.8. The highest BCUT2D eigenvalue weighted by atomic mass is 16.5. The van der Waals surface area contributed by atoms with E-state index in [2.05, 4.69) is 158 Å². The van der Waals surface area contributed by atoms with Gasteiger partial charge in [0.25, 0.3) is 0 Å². The molecule has 0 spiro atoms. The molecule has 0 saturated carbocycles. The molecule has 2 heterocycles. The molecule has 0 amide bonds. The van der Waals surface area contributed by atoms with Gasteiger partial charge >= 0.3 is 5.97 Å². The predicted molar refractivity (Wildman–Crippen MR) is 242 cm³/mol. The highest BCUT2D eigenvalue weighted by Gasteiger charge is 2.55. The van der Waals surface area contributed by atoms with E-state index in [4.69, 9.17) is 14.7 Å². The molecular formula is C56H38N2O2. The molecule has 2 aliphatic rings. The van der Waals surface area contributed by atoms with Gasteiger partial charge in [-0.15, -0.1) is 0 Å². The Morgan fingerprint density at radius 1 is 0.450 bits per heavy atom. The van der Waals surface area contributed by atoms with E-state index in [9.17, 15) is 4.79 Å². The zero-order valence-electron chi connectivity index (χ0n) is 32.8. The maximum atomic E-state index is 14.9. The Bertz CT molecular complexity index is 3360. The fraction of sp³-hybridized carbons (Fsp3) is 0.0893. The minimum Gasteiger partial charge on any atom is -0.426 e. The molecular weight excluding hydrogens is 733 g/mol. The van der Waals surface area contributed by atoms with Gasteiger partial charge in [0.05, 0.1) is 28.8 Å². The van der Waals surface area contributed by atoms with Crippen LogP contribution in [0.15, 0.2) is 194 Å². The average Bonchev–Trinajstić information content (AvgIpc) is 3.70. The van der Waals surface area contributed by atoms with E-state index >= 15 is 0 Å². The second kappa shape index (κ2) is 13.3. The number of hydrogen-bond donors (Lipinski definition) is 0. The zero-order chi connectivity index (χ0) is 39.8. The summed E-state index contributed by atoms with van der Waals surface area (Å²) in [7, 11) is 0. The minimum atomic E-state index is -0.872. The molecule has 0 radical (unpaired) electrons. The van der Waals surface area contributed by atoms with Gasteiger partial charge in [0, 0.05) is 32.7 Å². The standard InChI is InChI=1S/C56H38N2O2/c59-50(60-41-21-5-2-6-22-41)34-56(45-30-28-38-18-8-12-24-43(38)52(45)54-47(56)32-40-20-10-14-26-49(40)58-54)35-55(33-36-15-3-1-4-16-36)44-29-27-37-17-7-11-23-42(37)51(44)53-46(55)31-39-19-9-13-25-48(39)57-53/h1-32H,33-35H2. The van der Waals surface area contributed by atoms with E-state index in [1.165, 1.54) is 33.0 Å². The molecule has 2 atom stereocenters. The molecule has 2 aliphatic carbocycles. The van der Waals surface area contributed by atoms with Gasteiger partial charge in [0.15, 0.2) is 0 Å². The largest absolute Gasteiger partial charge is 0.426 e. The molecule has 4 heteroatoms. The summed E-state index contributed by atoms with van der Waals surface area (Å²) >= 11 is 0. The first-order valence-corrected chi connectivity index (χ1v) is 20.7. The molecule has 0 bridgehead atoms. The van der Waals surface area contributed by atoms with E-state index in [1.54, 1.807) is 0 Å². The molecule has 60 heavy (non-hydrogen) atoms. The van der Waals surface area contributed by atoms with Gasteiger partial charge in [-0.3, -0.25) is 4.79 Å². The van der Waals surface area contributed by atoms with Crippen LogP contribution in [0.2, 0.25) is 0 Å². The van der Waals surface area contributed by atoms with Gasteiger partial charge in [0.1, 0.15) is 5.75 Å². The Labute approximate surface area is 347 Å². The van der Waals surface area contributed by atoms with Crippen LogP contribution < -0.4 is 4.74 Å². The van der Waals surface area contributed by atoms with Crippen LogP contribution in [0.3, 0.4) is 0 Å². The molecule has 284 valence electrons. The number of nitrogens with zero attached hydrogens (tertiary/aromatic N) is 2.